The van der Waals surface area contributed by atoms with Crippen LogP contribution in [0.2, 0.25) is 0 Å². The highest BCUT2D eigenvalue weighted by Gasteiger charge is 2.46. The molecule has 3 unspecified atom stereocenters. The van der Waals surface area contributed by atoms with Gasteiger partial charge in [-0.25, -0.2) is 0 Å². The molecule has 0 radical (unpaired) electrons. The van der Waals surface area contributed by atoms with Crippen molar-refractivity contribution in [2.75, 3.05) is 6.61 Å². The van der Waals surface area contributed by atoms with E-state index in [0.29, 0.717) is 17.3 Å². The van der Waals surface area contributed by atoms with Gasteiger partial charge in [0.25, 0.3) is 0 Å². The molecule has 1 aliphatic heterocycles. The Labute approximate surface area is 124 Å². The summed E-state index contributed by atoms with van der Waals surface area (Å²) in [6.07, 6.45) is 12.3. The van der Waals surface area contributed by atoms with E-state index in [9.17, 15) is 5.11 Å². The minimum atomic E-state index is -0.105. The van der Waals surface area contributed by atoms with Crippen LogP contribution in [0.5, 0.6) is 0 Å². The molecule has 0 aromatic rings. The van der Waals surface area contributed by atoms with E-state index in [1.54, 1.807) is 0 Å². The third-order valence-electron chi connectivity index (χ3n) is 6.53. The zero-order valence-corrected chi connectivity index (χ0v) is 13.4. The quantitative estimate of drug-likeness (QED) is 0.817. The number of hydrogen-bond donors (Lipinski definition) is 1. The SMILES string of the molecule is CC1(C)CCCCC1C(O)C1CCOC2(CCCC2)C1. The van der Waals surface area contributed by atoms with Crippen LogP contribution in [0.25, 0.3) is 0 Å². The topological polar surface area (TPSA) is 29.5 Å². The Morgan fingerprint density at radius 2 is 1.70 bits per heavy atom. The second kappa shape index (κ2) is 5.61. The Balaban J connectivity index is 1.68. The summed E-state index contributed by atoms with van der Waals surface area (Å²) in [6.45, 7) is 5.60. The van der Waals surface area contributed by atoms with Crippen LogP contribution < -0.4 is 0 Å². The van der Waals surface area contributed by atoms with E-state index in [-0.39, 0.29) is 11.7 Å². The summed E-state index contributed by atoms with van der Waals surface area (Å²) in [5, 5.41) is 11.0. The summed E-state index contributed by atoms with van der Waals surface area (Å²) >= 11 is 0. The molecule has 20 heavy (non-hydrogen) atoms. The van der Waals surface area contributed by atoms with Gasteiger partial charge in [-0.05, 0) is 55.8 Å². The molecule has 1 heterocycles. The predicted octanol–water partition coefficient (Wildman–Crippen LogP) is 4.30. The summed E-state index contributed by atoms with van der Waals surface area (Å²) in [5.74, 6) is 0.974. The predicted molar refractivity (Wildman–Crippen MR) is 81.6 cm³/mol. The lowest BCUT2D eigenvalue weighted by Gasteiger charge is -2.47. The molecule has 0 bridgehead atoms. The van der Waals surface area contributed by atoms with Gasteiger partial charge in [-0.3, -0.25) is 0 Å². The number of aliphatic hydroxyl groups is 1. The maximum absolute atomic E-state index is 11.0. The van der Waals surface area contributed by atoms with E-state index < -0.39 is 0 Å². The molecule has 0 amide bonds. The lowest BCUT2D eigenvalue weighted by molar-refractivity contribution is -0.131. The van der Waals surface area contributed by atoms with Crippen LogP contribution in [0.4, 0.5) is 0 Å². The third-order valence-corrected chi connectivity index (χ3v) is 6.53. The first kappa shape index (κ1) is 14.8. The van der Waals surface area contributed by atoms with E-state index in [0.717, 1.165) is 19.4 Å². The van der Waals surface area contributed by atoms with Crippen molar-refractivity contribution in [1.82, 2.24) is 0 Å². The van der Waals surface area contributed by atoms with Gasteiger partial charge in [-0.1, -0.05) is 39.5 Å². The van der Waals surface area contributed by atoms with Gasteiger partial charge in [0.1, 0.15) is 0 Å². The molecule has 3 fully saturated rings. The molecule has 0 aromatic heterocycles. The second-order valence-corrected chi connectivity index (χ2v) is 8.32. The molecular weight excluding hydrogens is 248 g/mol. The summed E-state index contributed by atoms with van der Waals surface area (Å²) in [4.78, 5) is 0. The Morgan fingerprint density at radius 3 is 2.40 bits per heavy atom. The minimum absolute atomic E-state index is 0.105. The summed E-state index contributed by atoms with van der Waals surface area (Å²) in [6, 6.07) is 0. The van der Waals surface area contributed by atoms with Crippen LogP contribution >= 0.6 is 0 Å². The Kier molecular flexibility index (Phi) is 4.16. The third kappa shape index (κ3) is 2.78. The first-order chi connectivity index (χ1) is 9.53. The highest BCUT2D eigenvalue weighted by Crippen LogP contribution is 2.48. The monoisotopic (exact) mass is 280 g/mol. The van der Waals surface area contributed by atoms with Crippen molar-refractivity contribution in [2.45, 2.75) is 89.8 Å². The van der Waals surface area contributed by atoms with Crippen LogP contribution in [-0.2, 0) is 4.74 Å². The Bertz CT molecular complexity index is 330. The average molecular weight is 280 g/mol. The molecular formula is C18H32O2. The Hall–Kier alpha value is -0.0800. The van der Waals surface area contributed by atoms with Gasteiger partial charge < -0.3 is 9.84 Å². The molecule has 1 saturated heterocycles. The van der Waals surface area contributed by atoms with Gasteiger partial charge in [-0.15, -0.1) is 0 Å². The lowest BCUT2D eigenvalue weighted by atomic mass is 9.63. The van der Waals surface area contributed by atoms with Gasteiger partial charge in [-0.2, -0.15) is 0 Å². The van der Waals surface area contributed by atoms with Crippen molar-refractivity contribution in [1.29, 1.82) is 0 Å². The fourth-order valence-corrected chi connectivity index (χ4v) is 5.21. The number of hydrogen-bond acceptors (Lipinski definition) is 2. The molecule has 2 heteroatoms. The minimum Gasteiger partial charge on any atom is -0.393 e. The highest BCUT2D eigenvalue weighted by molar-refractivity contribution is 4.96. The fraction of sp³-hybridized carbons (Fsp3) is 1.00. The van der Waals surface area contributed by atoms with Gasteiger partial charge in [0.05, 0.1) is 11.7 Å². The van der Waals surface area contributed by atoms with Crippen molar-refractivity contribution < 1.29 is 9.84 Å². The van der Waals surface area contributed by atoms with Crippen LogP contribution in [0.3, 0.4) is 0 Å². The molecule has 2 nitrogen and oxygen atoms in total. The van der Waals surface area contributed by atoms with E-state index in [1.807, 2.05) is 0 Å². The Morgan fingerprint density at radius 1 is 1.00 bits per heavy atom. The molecule has 1 N–H and O–H groups in total. The fourth-order valence-electron chi connectivity index (χ4n) is 5.21. The zero-order valence-electron chi connectivity index (χ0n) is 13.4. The molecule has 3 atom stereocenters. The van der Waals surface area contributed by atoms with E-state index in [2.05, 4.69) is 13.8 Å². The van der Waals surface area contributed by atoms with Crippen molar-refractivity contribution in [3.63, 3.8) is 0 Å². The highest BCUT2D eigenvalue weighted by atomic mass is 16.5. The average Bonchev–Trinajstić information content (AvgIpc) is 2.85. The largest absolute Gasteiger partial charge is 0.393 e. The van der Waals surface area contributed by atoms with Gasteiger partial charge in [0, 0.05) is 6.61 Å². The maximum atomic E-state index is 11.0. The number of ether oxygens (including phenoxy) is 1. The van der Waals surface area contributed by atoms with Crippen molar-refractivity contribution in [3.05, 3.63) is 0 Å². The first-order valence-electron chi connectivity index (χ1n) is 8.85. The molecule has 2 aliphatic carbocycles. The smallest absolute Gasteiger partial charge is 0.0686 e. The standard InChI is InChI=1S/C18H32O2/c1-17(2)9-4-3-7-15(17)16(19)14-8-12-20-18(13-14)10-5-6-11-18/h14-16,19H,3-13H2,1-2H3. The summed E-state index contributed by atoms with van der Waals surface area (Å²) in [7, 11) is 0. The molecule has 0 aromatic carbocycles. The van der Waals surface area contributed by atoms with Crippen LogP contribution in [0, 0.1) is 17.3 Å². The summed E-state index contributed by atoms with van der Waals surface area (Å²) < 4.78 is 6.14. The van der Waals surface area contributed by atoms with E-state index in [4.69, 9.17) is 4.74 Å². The normalized spacial score (nSPS) is 38.0. The van der Waals surface area contributed by atoms with E-state index >= 15 is 0 Å². The molecule has 2 saturated carbocycles. The van der Waals surface area contributed by atoms with Crippen LogP contribution in [0.1, 0.15) is 78.1 Å². The second-order valence-electron chi connectivity index (χ2n) is 8.32. The van der Waals surface area contributed by atoms with Gasteiger partial charge in [0.15, 0.2) is 0 Å². The maximum Gasteiger partial charge on any atom is 0.0686 e. The molecule has 3 rings (SSSR count). The van der Waals surface area contributed by atoms with E-state index in [1.165, 1.54) is 51.4 Å². The van der Waals surface area contributed by atoms with Crippen LogP contribution in [0.15, 0.2) is 0 Å². The van der Waals surface area contributed by atoms with Crippen molar-refractivity contribution in [2.24, 2.45) is 17.3 Å². The van der Waals surface area contributed by atoms with Crippen molar-refractivity contribution >= 4 is 0 Å². The lowest BCUT2D eigenvalue weighted by Crippen LogP contribution is -2.46. The van der Waals surface area contributed by atoms with Gasteiger partial charge >= 0.3 is 0 Å². The van der Waals surface area contributed by atoms with Crippen LogP contribution in [-0.4, -0.2) is 23.4 Å². The molecule has 1 spiro atoms. The van der Waals surface area contributed by atoms with Gasteiger partial charge in [0.2, 0.25) is 0 Å². The molecule has 3 aliphatic rings. The zero-order chi connectivity index (χ0) is 14.2. The molecule has 116 valence electrons. The number of aliphatic hydroxyl groups excluding tert-OH is 1. The first-order valence-corrected chi connectivity index (χ1v) is 8.85. The number of rotatable bonds is 2. The summed E-state index contributed by atoms with van der Waals surface area (Å²) in [5.41, 5.74) is 0.460. The van der Waals surface area contributed by atoms with Crippen molar-refractivity contribution in [3.8, 4) is 0 Å².